The van der Waals surface area contributed by atoms with Gasteiger partial charge in [-0.25, -0.2) is 9.97 Å². The van der Waals surface area contributed by atoms with Crippen LogP contribution in [-0.4, -0.2) is 55.6 Å². The molecule has 1 aliphatic rings. The Morgan fingerprint density at radius 2 is 2.03 bits per heavy atom. The minimum absolute atomic E-state index is 0.0454. The molecule has 1 saturated heterocycles. The van der Waals surface area contributed by atoms with Gasteiger partial charge in [0.25, 0.3) is 5.91 Å². The number of anilines is 2. The average Bonchev–Trinajstić information content (AvgIpc) is 3.44. The lowest BCUT2D eigenvalue weighted by Crippen LogP contribution is -2.31. The second kappa shape index (κ2) is 9.19. The Balaban J connectivity index is 1.52. The highest BCUT2D eigenvalue weighted by atomic mass is 35.5. The van der Waals surface area contributed by atoms with Crippen LogP contribution >= 0.6 is 11.6 Å². The van der Waals surface area contributed by atoms with Crippen LogP contribution in [0, 0.1) is 0 Å². The fourth-order valence-electron chi connectivity index (χ4n) is 3.58. The first kappa shape index (κ1) is 21.5. The van der Waals surface area contributed by atoms with Crippen LogP contribution in [0.15, 0.2) is 55.6 Å². The van der Waals surface area contributed by atoms with Gasteiger partial charge in [-0.15, -0.1) is 0 Å². The molecule has 10 heteroatoms. The summed E-state index contributed by atoms with van der Waals surface area (Å²) in [7, 11) is 1.81. The van der Waals surface area contributed by atoms with E-state index < -0.39 is 0 Å². The molecule has 0 spiro atoms. The maximum Gasteiger partial charge on any atom is 0.253 e. The van der Waals surface area contributed by atoms with Crippen molar-refractivity contribution < 1.29 is 9.59 Å². The number of benzene rings is 1. The van der Waals surface area contributed by atoms with Crippen LogP contribution in [0.4, 0.5) is 11.6 Å². The summed E-state index contributed by atoms with van der Waals surface area (Å²) in [5.74, 6) is 0.0695. The topological polar surface area (TPSA) is 105 Å². The van der Waals surface area contributed by atoms with Gasteiger partial charge in [-0.1, -0.05) is 18.2 Å². The van der Waals surface area contributed by atoms with Crippen molar-refractivity contribution in [2.24, 2.45) is 7.05 Å². The average molecular weight is 452 g/mol. The first-order chi connectivity index (χ1) is 15.4. The fourth-order valence-corrected chi connectivity index (χ4v) is 3.68. The molecule has 2 N–H and O–H groups in total. The number of likely N-dealkylation sites (tertiary alicyclic amines) is 1. The van der Waals surface area contributed by atoms with Crippen molar-refractivity contribution in [1.29, 1.82) is 0 Å². The summed E-state index contributed by atoms with van der Waals surface area (Å²) in [6, 6.07) is 5.26. The Bertz CT molecular complexity index is 1160. The van der Waals surface area contributed by atoms with Gasteiger partial charge in [-0.3, -0.25) is 14.3 Å². The molecule has 1 aromatic carbocycles. The molecule has 0 aliphatic carbocycles. The minimum Gasteiger partial charge on any atom is -0.350 e. The predicted octanol–water partition coefficient (Wildman–Crippen LogP) is 2.98. The molecule has 164 valence electrons. The Labute approximate surface area is 190 Å². The molecule has 2 aromatic heterocycles. The number of halogens is 1. The van der Waals surface area contributed by atoms with E-state index in [9.17, 15) is 9.59 Å². The fraction of sp³-hybridized carbons (Fsp3) is 0.227. The zero-order valence-corrected chi connectivity index (χ0v) is 18.2. The second-order valence-electron chi connectivity index (χ2n) is 7.46. The molecule has 1 aliphatic heterocycles. The maximum absolute atomic E-state index is 13.2. The summed E-state index contributed by atoms with van der Waals surface area (Å²) in [6.45, 7) is 4.63. The van der Waals surface area contributed by atoms with Crippen LogP contribution in [0.2, 0.25) is 5.02 Å². The summed E-state index contributed by atoms with van der Waals surface area (Å²) >= 11 is 5.83. The van der Waals surface area contributed by atoms with E-state index in [0.29, 0.717) is 40.9 Å². The minimum atomic E-state index is -0.327. The van der Waals surface area contributed by atoms with Crippen molar-refractivity contribution in [2.75, 3.05) is 23.7 Å². The summed E-state index contributed by atoms with van der Waals surface area (Å²) in [5.41, 5.74) is 2.62. The second-order valence-corrected chi connectivity index (χ2v) is 7.90. The van der Waals surface area contributed by atoms with Crippen LogP contribution in [0.1, 0.15) is 16.8 Å². The number of amides is 2. The molecule has 3 heterocycles. The molecule has 32 heavy (non-hydrogen) atoms. The Hall–Kier alpha value is -3.72. The Kier molecular flexibility index (Phi) is 6.18. The Morgan fingerprint density at radius 1 is 1.25 bits per heavy atom. The molecule has 4 rings (SSSR count). The van der Waals surface area contributed by atoms with Crippen molar-refractivity contribution in [3.63, 3.8) is 0 Å². The number of carbonyl (C=O) groups excluding carboxylic acids is 2. The first-order valence-electron chi connectivity index (χ1n) is 10.0. The lowest BCUT2D eigenvalue weighted by molar-refractivity contribution is -0.111. The molecule has 1 atom stereocenters. The zero-order chi connectivity index (χ0) is 22.7. The zero-order valence-electron chi connectivity index (χ0n) is 17.5. The quantitative estimate of drug-likeness (QED) is 0.558. The standard InChI is InChI=1S/C22H22ClN7O2/c1-3-20(31)28-19-5-4-14(8-18(19)15-9-26-29(2)12-15)21(32)30-7-6-17(13-30)27-22-24-10-16(23)11-25-22/h3-5,8-12,17H,1,6-7,13H2,2H3,(H,28,31)(H,24,25,27). The summed E-state index contributed by atoms with van der Waals surface area (Å²) < 4.78 is 1.67. The third-order valence-corrected chi connectivity index (χ3v) is 5.35. The van der Waals surface area contributed by atoms with E-state index in [1.165, 1.54) is 18.5 Å². The van der Waals surface area contributed by atoms with Crippen molar-refractivity contribution in [3.05, 3.63) is 66.2 Å². The third-order valence-electron chi connectivity index (χ3n) is 5.15. The molecule has 1 fully saturated rings. The molecular formula is C22H22ClN7O2. The molecular weight excluding hydrogens is 430 g/mol. The highest BCUT2D eigenvalue weighted by molar-refractivity contribution is 6.30. The molecule has 0 radical (unpaired) electrons. The Morgan fingerprint density at radius 3 is 2.72 bits per heavy atom. The number of nitrogens with zero attached hydrogens (tertiary/aromatic N) is 5. The van der Waals surface area contributed by atoms with Gasteiger partial charge in [0.05, 0.1) is 23.6 Å². The normalized spacial score (nSPS) is 15.4. The summed E-state index contributed by atoms with van der Waals surface area (Å²) in [5, 5.41) is 10.7. The molecule has 0 bridgehead atoms. The summed E-state index contributed by atoms with van der Waals surface area (Å²) in [6.07, 6.45) is 8.56. The number of aromatic nitrogens is 4. The lowest BCUT2D eigenvalue weighted by atomic mass is 10.0. The lowest BCUT2D eigenvalue weighted by Gasteiger charge is -2.18. The smallest absolute Gasteiger partial charge is 0.253 e. The molecule has 2 amide bonds. The van der Waals surface area contributed by atoms with E-state index in [-0.39, 0.29) is 17.9 Å². The number of nitrogens with one attached hydrogen (secondary N) is 2. The van der Waals surface area contributed by atoms with Gasteiger partial charge in [-0.2, -0.15) is 5.10 Å². The molecule has 0 saturated carbocycles. The number of hydrogen-bond acceptors (Lipinski definition) is 6. The monoisotopic (exact) mass is 451 g/mol. The van der Waals surface area contributed by atoms with Gasteiger partial charge in [0.15, 0.2) is 0 Å². The molecule has 1 unspecified atom stereocenters. The van der Waals surface area contributed by atoms with E-state index in [4.69, 9.17) is 11.6 Å². The van der Waals surface area contributed by atoms with Crippen molar-refractivity contribution in [2.45, 2.75) is 12.5 Å². The van der Waals surface area contributed by atoms with Gasteiger partial charge in [-0.05, 0) is 30.7 Å². The largest absolute Gasteiger partial charge is 0.350 e. The molecule has 9 nitrogen and oxygen atoms in total. The SMILES string of the molecule is C=CC(=O)Nc1ccc(C(=O)N2CCC(Nc3ncc(Cl)cn3)C2)cc1-c1cnn(C)c1. The van der Waals surface area contributed by atoms with Crippen LogP contribution in [0.25, 0.3) is 11.1 Å². The number of aryl methyl sites for hydroxylation is 1. The van der Waals surface area contributed by atoms with E-state index in [1.807, 2.05) is 13.2 Å². The van der Waals surface area contributed by atoms with E-state index in [2.05, 4.69) is 32.3 Å². The van der Waals surface area contributed by atoms with Gasteiger partial charge in [0.1, 0.15) is 0 Å². The van der Waals surface area contributed by atoms with Crippen molar-refractivity contribution in [3.8, 4) is 11.1 Å². The number of rotatable bonds is 6. The van der Waals surface area contributed by atoms with Gasteiger partial charge >= 0.3 is 0 Å². The van der Waals surface area contributed by atoms with E-state index in [1.54, 1.807) is 34.0 Å². The van der Waals surface area contributed by atoms with Gasteiger partial charge in [0, 0.05) is 54.8 Å². The molecule has 3 aromatic rings. The first-order valence-corrected chi connectivity index (χ1v) is 10.4. The van der Waals surface area contributed by atoms with Gasteiger partial charge < -0.3 is 15.5 Å². The van der Waals surface area contributed by atoms with Gasteiger partial charge in [0.2, 0.25) is 11.9 Å². The van der Waals surface area contributed by atoms with Crippen molar-refractivity contribution in [1.82, 2.24) is 24.6 Å². The van der Waals surface area contributed by atoms with Crippen LogP contribution in [0.5, 0.6) is 0 Å². The number of carbonyl (C=O) groups is 2. The maximum atomic E-state index is 13.2. The van der Waals surface area contributed by atoms with Crippen LogP contribution in [-0.2, 0) is 11.8 Å². The third kappa shape index (κ3) is 4.78. The van der Waals surface area contributed by atoms with E-state index >= 15 is 0 Å². The van der Waals surface area contributed by atoms with Crippen LogP contribution in [0.3, 0.4) is 0 Å². The van der Waals surface area contributed by atoms with E-state index in [0.717, 1.165) is 12.0 Å². The summed E-state index contributed by atoms with van der Waals surface area (Å²) in [4.78, 5) is 35.1. The van der Waals surface area contributed by atoms with Crippen LogP contribution < -0.4 is 10.6 Å². The number of hydrogen-bond donors (Lipinski definition) is 2. The predicted molar refractivity (Wildman–Crippen MR) is 122 cm³/mol. The van der Waals surface area contributed by atoms with Crippen molar-refractivity contribution >= 4 is 35.1 Å². The highest BCUT2D eigenvalue weighted by Gasteiger charge is 2.28. The highest BCUT2D eigenvalue weighted by Crippen LogP contribution is 2.30.